The smallest absolute Gasteiger partial charge is 0.335 e. The maximum Gasteiger partial charge on any atom is 0.335 e. The fourth-order valence-electron chi connectivity index (χ4n) is 4.77. The van der Waals surface area contributed by atoms with Gasteiger partial charge >= 0.3 is 5.97 Å². The van der Waals surface area contributed by atoms with E-state index in [0.29, 0.717) is 40.8 Å². The van der Waals surface area contributed by atoms with Gasteiger partial charge in [0.2, 0.25) is 10.0 Å². The van der Waals surface area contributed by atoms with Gasteiger partial charge in [0, 0.05) is 35.4 Å². The molecule has 0 aliphatic rings. The molecular formula is C33H29Cl2N3O4S. The molecule has 0 radical (unpaired) electrons. The molecular weight excluding hydrogens is 605 g/mol. The zero-order valence-electron chi connectivity index (χ0n) is 23.3. The van der Waals surface area contributed by atoms with Crippen molar-refractivity contribution >= 4 is 44.9 Å². The van der Waals surface area contributed by atoms with Crippen LogP contribution in [0.4, 0.5) is 5.69 Å². The summed E-state index contributed by atoms with van der Waals surface area (Å²) in [6.45, 7) is 2.32. The summed E-state index contributed by atoms with van der Waals surface area (Å²) in [5.74, 6) is -0.0905. The monoisotopic (exact) mass is 633 g/mol. The Bertz CT molecular complexity index is 1870. The van der Waals surface area contributed by atoms with Crippen molar-refractivity contribution < 1.29 is 18.3 Å². The lowest BCUT2D eigenvalue weighted by molar-refractivity contribution is 0.0697. The number of anilines is 1. The summed E-state index contributed by atoms with van der Waals surface area (Å²) < 4.78 is 29.1. The van der Waals surface area contributed by atoms with Crippen molar-refractivity contribution in [3.8, 4) is 22.4 Å². The summed E-state index contributed by atoms with van der Waals surface area (Å²) in [4.78, 5) is 16.2. The molecule has 4 aromatic carbocycles. The molecule has 43 heavy (non-hydrogen) atoms. The van der Waals surface area contributed by atoms with Crippen LogP contribution in [-0.2, 0) is 23.0 Å². The number of sulfonamides is 1. The van der Waals surface area contributed by atoms with Gasteiger partial charge in [0.1, 0.15) is 5.82 Å². The topological polar surface area (TPSA) is 101 Å². The van der Waals surface area contributed by atoms with E-state index in [-0.39, 0.29) is 11.3 Å². The highest BCUT2D eigenvalue weighted by Gasteiger charge is 2.15. The van der Waals surface area contributed by atoms with Crippen molar-refractivity contribution in [1.29, 1.82) is 0 Å². The van der Waals surface area contributed by atoms with Gasteiger partial charge in [-0.2, -0.15) is 0 Å². The quantitative estimate of drug-likeness (QED) is 0.153. The number of carboxylic acid groups (broad SMARTS) is 1. The fraction of sp³-hybridized carbons (Fsp3) is 0.152. The first kappa shape index (κ1) is 30.4. The predicted octanol–water partition coefficient (Wildman–Crippen LogP) is 8.01. The van der Waals surface area contributed by atoms with Crippen molar-refractivity contribution in [2.45, 2.75) is 26.3 Å². The van der Waals surface area contributed by atoms with Crippen molar-refractivity contribution in [2.75, 3.05) is 10.5 Å². The van der Waals surface area contributed by atoms with Gasteiger partial charge in [0.25, 0.3) is 0 Å². The highest BCUT2D eigenvalue weighted by Crippen LogP contribution is 2.31. The van der Waals surface area contributed by atoms with Gasteiger partial charge in [-0.1, -0.05) is 78.7 Å². The van der Waals surface area contributed by atoms with Crippen LogP contribution < -0.4 is 4.72 Å². The van der Waals surface area contributed by atoms with Crippen LogP contribution in [-0.4, -0.2) is 34.8 Å². The zero-order valence-corrected chi connectivity index (χ0v) is 25.6. The summed E-state index contributed by atoms with van der Waals surface area (Å²) in [7, 11) is -3.38. The van der Waals surface area contributed by atoms with Gasteiger partial charge in [-0.25, -0.2) is 18.2 Å². The van der Waals surface area contributed by atoms with E-state index in [1.807, 2.05) is 66.2 Å². The lowest BCUT2D eigenvalue weighted by Crippen LogP contribution is -2.15. The van der Waals surface area contributed by atoms with Gasteiger partial charge in [-0.15, -0.1) is 0 Å². The third kappa shape index (κ3) is 7.65. The van der Waals surface area contributed by atoms with Crippen LogP contribution in [0, 0.1) is 0 Å². The molecule has 0 spiro atoms. The molecule has 0 unspecified atom stereocenters. The van der Waals surface area contributed by atoms with Crippen LogP contribution in [0.25, 0.3) is 22.4 Å². The number of nitrogens with one attached hydrogen (secondary N) is 1. The number of rotatable bonds is 11. The summed E-state index contributed by atoms with van der Waals surface area (Å²) in [5.41, 5.74) is 6.04. The minimum atomic E-state index is -3.38. The number of nitrogens with zero attached hydrogens (tertiary/aromatic N) is 2. The normalized spacial score (nSPS) is 11.4. The summed E-state index contributed by atoms with van der Waals surface area (Å²) in [6.07, 6.45) is 3.02. The maximum absolute atomic E-state index is 12.2. The fourth-order valence-corrected chi connectivity index (χ4v) is 6.40. The van der Waals surface area contributed by atoms with E-state index in [1.54, 1.807) is 42.5 Å². The van der Waals surface area contributed by atoms with E-state index in [0.717, 1.165) is 33.6 Å². The third-order valence-corrected chi connectivity index (χ3v) is 8.92. The minimum absolute atomic E-state index is 0.0707. The molecule has 0 aliphatic heterocycles. The number of carbonyl (C=O) groups is 1. The molecule has 7 nitrogen and oxygen atoms in total. The van der Waals surface area contributed by atoms with Gasteiger partial charge in [-0.3, -0.25) is 4.72 Å². The highest BCUT2D eigenvalue weighted by atomic mass is 35.5. The molecule has 0 saturated heterocycles. The van der Waals surface area contributed by atoms with Crippen molar-refractivity contribution in [1.82, 2.24) is 9.55 Å². The van der Waals surface area contributed by atoms with Crippen LogP contribution in [0.15, 0.2) is 97.2 Å². The van der Waals surface area contributed by atoms with Crippen molar-refractivity contribution in [3.63, 3.8) is 0 Å². The molecule has 0 bridgehead atoms. The van der Waals surface area contributed by atoms with E-state index in [1.165, 1.54) is 0 Å². The van der Waals surface area contributed by atoms with E-state index >= 15 is 0 Å². The minimum Gasteiger partial charge on any atom is -0.478 e. The molecule has 10 heteroatoms. The number of hydrogen-bond acceptors (Lipinski definition) is 4. The first-order chi connectivity index (χ1) is 20.6. The van der Waals surface area contributed by atoms with Crippen molar-refractivity contribution in [2.24, 2.45) is 0 Å². The molecule has 1 heterocycles. The number of imidazole rings is 1. The molecule has 5 rings (SSSR count). The molecule has 1 aromatic heterocycles. The number of carboxylic acids is 1. The average molecular weight is 635 g/mol. The Hall–Kier alpha value is -4.11. The van der Waals surface area contributed by atoms with Crippen LogP contribution in [0.1, 0.15) is 40.7 Å². The largest absolute Gasteiger partial charge is 0.478 e. The Kier molecular flexibility index (Phi) is 9.20. The average Bonchev–Trinajstić information content (AvgIpc) is 3.35. The number of aromatic carboxylic acids is 1. The molecule has 0 fully saturated rings. The molecule has 2 N–H and O–H groups in total. The molecule has 0 saturated carbocycles. The van der Waals surface area contributed by atoms with Crippen LogP contribution >= 0.6 is 23.2 Å². The predicted molar refractivity (Wildman–Crippen MR) is 173 cm³/mol. The summed E-state index contributed by atoms with van der Waals surface area (Å²) in [5, 5.41) is 10.3. The molecule has 0 aliphatic carbocycles. The third-order valence-electron chi connectivity index (χ3n) is 6.88. The second-order valence-corrected chi connectivity index (χ2v) is 12.9. The van der Waals surface area contributed by atoms with Gasteiger partial charge in [-0.05, 0) is 71.1 Å². The van der Waals surface area contributed by atoms with Crippen LogP contribution in [0.2, 0.25) is 10.0 Å². The van der Waals surface area contributed by atoms with E-state index in [2.05, 4.69) is 4.72 Å². The SMILES string of the molecule is CCCS(=O)(=O)Nc1cccc(-c2ccc(Cc3nc(-c4ccc(Cl)cc4Cl)cn3Cc3ccc(C(=O)O)cc3)cc2)c1. The first-order valence-corrected chi connectivity index (χ1v) is 16.0. The Morgan fingerprint density at radius 2 is 1.63 bits per heavy atom. The molecule has 0 atom stereocenters. The van der Waals surface area contributed by atoms with Gasteiger partial charge in [0.15, 0.2) is 0 Å². The second kappa shape index (κ2) is 13.0. The lowest BCUT2D eigenvalue weighted by Gasteiger charge is -2.10. The Morgan fingerprint density at radius 1 is 0.907 bits per heavy atom. The Balaban J connectivity index is 1.41. The van der Waals surface area contributed by atoms with E-state index in [4.69, 9.17) is 28.2 Å². The number of hydrogen-bond donors (Lipinski definition) is 2. The number of benzene rings is 4. The number of aromatic nitrogens is 2. The molecule has 220 valence electrons. The van der Waals surface area contributed by atoms with Crippen molar-refractivity contribution in [3.05, 3.63) is 130 Å². The lowest BCUT2D eigenvalue weighted by atomic mass is 10.0. The van der Waals surface area contributed by atoms with Gasteiger partial charge in [0.05, 0.1) is 22.0 Å². The maximum atomic E-state index is 12.2. The first-order valence-electron chi connectivity index (χ1n) is 13.6. The summed E-state index contributed by atoms with van der Waals surface area (Å²) in [6, 6.07) is 27.5. The standard InChI is InChI=1S/C33H29Cl2N3O4S/c1-2-16-43(41,42)37-28-5-3-4-26(18-28)24-10-6-22(7-11-24)17-32-36-31(29-15-14-27(34)19-30(29)35)21-38(32)20-23-8-12-25(13-9-23)33(39)40/h3-15,18-19,21,37H,2,16-17,20H2,1H3,(H,39,40). The number of halogens is 2. The van der Waals surface area contributed by atoms with E-state index < -0.39 is 16.0 Å². The highest BCUT2D eigenvalue weighted by molar-refractivity contribution is 7.92. The van der Waals surface area contributed by atoms with Crippen LogP contribution in [0.3, 0.4) is 0 Å². The Labute approximate surface area is 260 Å². The van der Waals surface area contributed by atoms with Gasteiger partial charge < -0.3 is 9.67 Å². The second-order valence-electron chi connectivity index (χ2n) is 10.2. The molecule has 5 aromatic rings. The zero-order chi connectivity index (χ0) is 30.6. The molecule has 0 amide bonds. The Morgan fingerprint density at radius 3 is 2.30 bits per heavy atom. The summed E-state index contributed by atoms with van der Waals surface area (Å²) >= 11 is 12.6. The van der Waals surface area contributed by atoms with E-state index in [9.17, 15) is 18.3 Å². The van der Waals surface area contributed by atoms with Crippen LogP contribution in [0.5, 0.6) is 0 Å².